The summed E-state index contributed by atoms with van der Waals surface area (Å²) in [5, 5.41) is 19.5. The summed E-state index contributed by atoms with van der Waals surface area (Å²) >= 11 is 0. The molecule has 0 heterocycles. The van der Waals surface area contributed by atoms with Gasteiger partial charge >= 0.3 is 5.97 Å². The Balaban J connectivity index is 1.88. The summed E-state index contributed by atoms with van der Waals surface area (Å²) in [5.74, 6) is -0.917. The minimum Gasteiger partial charge on any atom is -0.481 e. The van der Waals surface area contributed by atoms with E-state index in [1.807, 2.05) is 18.2 Å². The zero-order valence-corrected chi connectivity index (χ0v) is 13.3. The largest absolute Gasteiger partial charge is 0.481 e. The molecule has 1 aliphatic rings. The maximum Gasteiger partial charge on any atom is 0.307 e. The van der Waals surface area contributed by atoms with Crippen molar-refractivity contribution in [2.45, 2.75) is 25.9 Å². The summed E-state index contributed by atoms with van der Waals surface area (Å²) in [6.07, 6.45) is -0.353. The van der Waals surface area contributed by atoms with E-state index in [9.17, 15) is 14.7 Å². The van der Waals surface area contributed by atoms with E-state index >= 15 is 0 Å². The Morgan fingerprint density at radius 2 is 1.67 bits per heavy atom. The van der Waals surface area contributed by atoms with Crippen molar-refractivity contribution in [3.63, 3.8) is 0 Å². The third-order valence-corrected chi connectivity index (χ3v) is 4.43. The highest BCUT2D eigenvalue weighted by molar-refractivity contribution is 6.11. The molecule has 1 unspecified atom stereocenters. The molecule has 0 spiro atoms. The first-order chi connectivity index (χ1) is 11.5. The Morgan fingerprint density at radius 3 is 2.33 bits per heavy atom. The molecule has 1 atom stereocenters. The lowest BCUT2D eigenvalue weighted by Gasteiger charge is -2.25. The molecule has 1 aliphatic carbocycles. The van der Waals surface area contributed by atoms with Crippen molar-refractivity contribution >= 4 is 11.8 Å². The van der Waals surface area contributed by atoms with Gasteiger partial charge in [-0.1, -0.05) is 48.5 Å². The first-order valence-electron chi connectivity index (χ1n) is 7.78. The van der Waals surface area contributed by atoms with Gasteiger partial charge < -0.3 is 10.2 Å². The Hall–Kier alpha value is -2.72. The van der Waals surface area contributed by atoms with Gasteiger partial charge in [-0.2, -0.15) is 0 Å². The van der Waals surface area contributed by atoms with Crippen LogP contribution in [0.3, 0.4) is 0 Å². The highest BCUT2D eigenvalue weighted by Crippen LogP contribution is 2.35. The van der Waals surface area contributed by atoms with Gasteiger partial charge in [0.2, 0.25) is 0 Å². The summed E-state index contributed by atoms with van der Waals surface area (Å²) in [4.78, 5) is 23.2. The van der Waals surface area contributed by atoms with E-state index in [-0.39, 0.29) is 12.2 Å². The molecule has 2 N–H and O–H groups in total. The number of hydrogen-bond donors (Lipinski definition) is 2. The first-order valence-corrected chi connectivity index (χ1v) is 7.78. The van der Waals surface area contributed by atoms with Crippen molar-refractivity contribution in [3.8, 4) is 0 Å². The number of aliphatic carboxylic acids is 1. The highest BCUT2D eigenvalue weighted by atomic mass is 16.4. The van der Waals surface area contributed by atoms with Crippen molar-refractivity contribution in [3.05, 3.63) is 81.9 Å². The Kier molecular flexibility index (Phi) is 4.32. The van der Waals surface area contributed by atoms with Crippen LogP contribution < -0.4 is 0 Å². The molecule has 0 amide bonds. The van der Waals surface area contributed by atoms with Gasteiger partial charge in [0, 0.05) is 5.56 Å². The van der Waals surface area contributed by atoms with Crippen molar-refractivity contribution in [1.29, 1.82) is 0 Å². The summed E-state index contributed by atoms with van der Waals surface area (Å²) in [6, 6.07) is 14.3. The Morgan fingerprint density at radius 1 is 1.04 bits per heavy atom. The van der Waals surface area contributed by atoms with E-state index in [1.165, 1.54) is 0 Å². The number of rotatable bonds is 4. The minimum absolute atomic E-state index is 0.0174. The number of ketones is 1. The number of carboxylic acid groups (broad SMARTS) is 1. The molecule has 0 bridgehead atoms. The van der Waals surface area contributed by atoms with Gasteiger partial charge in [-0.15, -0.1) is 0 Å². The van der Waals surface area contributed by atoms with Gasteiger partial charge in [0.25, 0.3) is 0 Å². The van der Waals surface area contributed by atoms with Gasteiger partial charge in [0.1, 0.15) is 6.10 Å². The van der Waals surface area contributed by atoms with Gasteiger partial charge in [0.05, 0.1) is 6.42 Å². The third kappa shape index (κ3) is 3.01. The standard InChI is InChI=1S/C20H18O4/c1-12-17(10-13-6-8-14(9-7-13)11-18(21)22)20(24)16-5-3-2-4-15(16)19(12)23/h2-9,20,24H,10-11H2,1H3,(H,21,22). The Labute approximate surface area is 140 Å². The van der Waals surface area contributed by atoms with Crippen LogP contribution in [0, 0.1) is 0 Å². The smallest absolute Gasteiger partial charge is 0.307 e. The molecular weight excluding hydrogens is 304 g/mol. The van der Waals surface area contributed by atoms with Crippen molar-refractivity contribution < 1.29 is 19.8 Å². The van der Waals surface area contributed by atoms with Crippen LogP contribution in [0.1, 0.15) is 40.1 Å². The van der Waals surface area contributed by atoms with E-state index < -0.39 is 12.1 Å². The predicted octanol–water partition coefficient (Wildman–Crippen LogP) is 3.10. The SMILES string of the molecule is CC1=C(Cc2ccc(CC(=O)O)cc2)C(O)c2ccccc2C1=O. The number of carbonyl (C=O) groups is 2. The van der Waals surface area contributed by atoms with E-state index in [0.717, 1.165) is 11.1 Å². The third-order valence-electron chi connectivity index (χ3n) is 4.43. The van der Waals surface area contributed by atoms with Gasteiger partial charge in [-0.25, -0.2) is 0 Å². The van der Waals surface area contributed by atoms with Crippen LogP contribution in [0.2, 0.25) is 0 Å². The molecule has 4 nitrogen and oxygen atoms in total. The van der Waals surface area contributed by atoms with Crippen LogP contribution in [0.5, 0.6) is 0 Å². The average Bonchev–Trinajstić information content (AvgIpc) is 2.58. The van der Waals surface area contributed by atoms with Gasteiger partial charge in [0.15, 0.2) is 5.78 Å². The predicted molar refractivity (Wildman–Crippen MR) is 89.9 cm³/mol. The van der Waals surface area contributed by atoms with Crippen molar-refractivity contribution in [1.82, 2.24) is 0 Å². The fourth-order valence-electron chi connectivity index (χ4n) is 3.08. The molecule has 0 saturated heterocycles. The fraction of sp³-hybridized carbons (Fsp3) is 0.200. The maximum atomic E-state index is 12.5. The second-order valence-corrected chi connectivity index (χ2v) is 6.03. The first kappa shape index (κ1) is 16.1. The monoisotopic (exact) mass is 322 g/mol. The summed E-state index contributed by atoms with van der Waals surface area (Å²) in [7, 11) is 0. The van der Waals surface area contributed by atoms with Crippen molar-refractivity contribution in [2.24, 2.45) is 0 Å². The number of allylic oxidation sites excluding steroid dienone is 1. The molecule has 4 heteroatoms. The molecule has 0 aliphatic heterocycles. The molecule has 2 aromatic carbocycles. The zero-order valence-electron chi connectivity index (χ0n) is 13.3. The van der Waals surface area contributed by atoms with Crippen LogP contribution in [-0.2, 0) is 17.6 Å². The lowest BCUT2D eigenvalue weighted by molar-refractivity contribution is -0.136. The zero-order chi connectivity index (χ0) is 17.3. The second kappa shape index (κ2) is 6.42. The van der Waals surface area contributed by atoms with Crippen LogP contribution >= 0.6 is 0 Å². The van der Waals surface area contributed by atoms with Crippen LogP contribution in [0.25, 0.3) is 0 Å². The van der Waals surface area contributed by atoms with Crippen LogP contribution in [0.15, 0.2) is 59.7 Å². The topological polar surface area (TPSA) is 74.6 Å². The molecule has 2 aromatic rings. The maximum absolute atomic E-state index is 12.5. The van der Waals surface area contributed by atoms with Crippen LogP contribution in [0.4, 0.5) is 0 Å². The number of benzene rings is 2. The number of aliphatic hydroxyl groups excluding tert-OH is 1. The molecule has 0 fully saturated rings. The second-order valence-electron chi connectivity index (χ2n) is 6.03. The van der Waals surface area contributed by atoms with Crippen LogP contribution in [-0.4, -0.2) is 22.0 Å². The quantitative estimate of drug-likeness (QED) is 0.907. The number of hydrogen-bond acceptors (Lipinski definition) is 3. The number of aliphatic hydroxyl groups is 1. The number of fused-ring (bicyclic) bond motifs is 1. The Bertz CT molecular complexity index is 831. The molecule has 0 radical (unpaired) electrons. The van der Waals surface area contributed by atoms with Crippen molar-refractivity contribution in [2.75, 3.05) is 0 Å². The molecular formula is C20H18O4. The molecule has 24 heavy (non-hydrogen) atoms. The molecule has 3 rings (SSSR count). The molecule has 0 saturated carbocycles. The summed E-state index contributed by atoms with van der Waals surface area (Å²) < 4.78 is 0. The minimum atomic E-state index is -0.869. The van der Waals surface area contributed by atoms with E-state index in [2.05, 4.69) is 0 Å². The van der Waals surface area contributed by atoms with E-state index in [4.69, 9.17) is 5.11 Å². The number of carboxylic acids is 1. The summed E-state index contributed by atoms with van der Waals surface area (Å²) in [5.41, 5.74) is 4.14. The van der Waals surface area contributed by atoms with Gasteiger partial charge in [-0.3, -0.25) is 9.59 Å². The fourth-order valence-corrected chi connectivity index (χ4v) is 3.08. The lowest BCUT2D eigenvalue weighted by Crippen LogP contribution is -2.20. The average molecular weight is 322 g/mol. The summed E-state index contributed by atoms with van der Waals surface area (Å²) in [6.45, 7) is 1.75. The molecule has 122 valence electrons. The lowest BCUT2D eigenvalue weighted by atomic mass is 9.81. The number of carbonyl (C=O) groups excluding carboxylic acids is 1. The highest BCUT2D eigenvalue weighted by Gasteiger charge is 2.29. The normalized spacial score (nSPS) is 16.9. The molecule has 0 aromatic heterocycles. The van der Waals surface area contributed by atoms with E-state index in [1.54, 1.807) is 37.3 Å². The number of Topliss-reactive ketones (excluding diaryl/α,β-unsaturated/α-hetero) is 1. The van der Waals surface area contributed by atoms with E-state index in [0.29, 0.717) is 28.7 Å². The van der Waals surface area contributed by atoms with Gasteiger partial charge in [-0.05, 0) is 41.2 Å².